The lowest BCUT2D eigenvalue weighted by molar-refractivity contribution is -0.122. The number of fused-ring (bicyclic) bond motifs is 1. The first-order chi connectivity index (χ1) is 9.52. The molecule has 0 spiro atoms. The van der Waals surface area contributed by atoms with E-state index in [4.69, 9.17) is 0 Å². The fraction of sp³-hybridized carbons (Fsp3) is 0.923. The van der Waals surface area contributed by atoms with Crippen LogP contribution in [0.5, 0.6) is 0 Å². The van der Waals surface area contributed by atoms with Crippen LogP contribution < -0.4 is 15.4 Å². The lowest BCUT2D eigenvalue weighted by Gasteiger charge is -2.24. The fourth-order valence-electron chi connectivity index (χ4n) is 3.25. The number of nitrogens with one attached hydrogen (secondary N) is 3. The average Bonchev–Trinajstić information content (AvgIpc) is 2.82. The van der Waals surface area contributed by atoms with Crippen molar-refractivity contribution in [2.24, 2.45) is 5.92 Å². The molecule has 116 valence electrons. The van der Waals surface area contributed by atoms with Gasteiger partial charge in [-0.1, -0.05) is 19.8 Å². The zero-order chi connectivity index (χ0) is 14.6. The highest BCUT2D eigenvalue weighted by Crippen LogP contribution is 2.33. The van der Waals surface area contributed by atoms with E-state index >= 15 is 0 Å². The van der Waals surface area contributed by atoms with Crippen LogP contribution in [0.15, 0.2) is 0 Å². The SMILES string of the molecule is CCNS(=O)(=O)CCNC(=O)C1CC2CCCCC2N1. The Morgan fingerprint density at radius 2 is 2.05 bits per heavy atom. The van der Waals surface area contributed by atoms with Gasteiger partial charge in [-0.05, 0) is 25.2 Å². The standard InChI is InChI=1S/C13H25N3O3S/c1-2-15-20(18,19)8-7-14-13(17)12-9-10-5-3-4-6-11(10)16-12/h10-12,15-16H,2-9H2,1H3,(H,14,17). The molecule has 2 fully saturated rings. The number of carbonyl (C=O) groups is 1. The molecule has 0 aromatic rings. The molecule has 0 aromatic heterocycles. The second-order valence-corrected chi connectivity index (χ2v) is 7.64. The summed E-state index contributed by atoms with van der Waals surface area (Å²) in [7, 11) is -3.26. The highest BCUT2D eigenvalue weighted by atomic mass is 32.2. The van der Waals surface area contributed by atoms with E-state index in [1.807, 2.05) is 0 Å². The molecule has 3 atom stereocenters. The van der Waals surface area contributed by atoms with Gasteiger partial charge < -0.3 is 10.6 Å². The highest BCUT2D eigenvalue weighted by molar-refractivity contribution is 7.89. The van der Waals surface area contributed by atoms with Gasteiger partial charge in [0.2, 0.25) is 15.9 Å². The first kappa shape index (κ1) is 15.7. The van der Waals surface area contributed by atoms with E-state index in [2.05, 4.69) is 15.4 Å². The molecule has 0 aromatic carbocycles. The minimum Gasteiger partial charge on any atom is -0.354 e. The first-order valence-corrected chi connectivity index (χ1v) is 9.18. The number of hydrogen-bond acceptors (Lipinski definition) is 4. The summed E-state index contributed by atoms with van der Waals surface area (Å²) in [5.41, 5.74) is 0. The van der Waals surface area contributed by atoms with E-state index in [9.17, 15) is 13.2 Å². The average molecular weight is 303 g/mol. The molecule has 0 radical (unpaired) electrons. The Morgan fingerprint density at radius 1 is 1.30 bits per heavy atom. The van der Waals surface area contributed by atoms with Crippen LogP contribution in [0.3, 0.4) is 0 Å². The van der Waals surface area contributed by atoms with Crippen molar-refractivity contribution in [3.8, 4) is 0 Å². The number of rotatable bonds is 6. The Balaban J connectivity index is 1.73. The van der Waals surface area contributed by atoms with Crippen molar-refractivity contribution in [2.75, 3.05) is 18.8 Å². The number of amides is 1. The molecule has 1 amide bonds. The van der Waals surface area contributed by atoms with E-state index < -0.39 is 10.0 Å². The lowest BCUT2D eigenvalue weighted by atomic mass is 9.85. The molecule has 1 aliphatic carbocycles. The molecule has 2 rings (SSSR count). The predicted molar refractivity (Wildman–Crippen MR) is 77.8 cm³/mol. The van der Waals surface area contributed by atoms with Crippen molar-refractivity contribution >= 4 is 15.9 Å². The molecule has 0 bridgehead atoms. The second-order valence-electron chi connectivity index (χ2n) is 5.71. The number of hydrogen-bond donors (Lipinski definition) is 3. The van der Waals surface area contributed by atoms with Gasteiger partial charge in [0.25, 0.3) is 0 Å². The molecule has 1 heterocycles. The topological polar surface area (TPSA) is 87.3 Å². The van der Waals surface area contributed by atoms with Crippen molar-refractivity contribution in [3.05, 3.63) is 0 Å². The lowest BCUT2D eigenvalue weighted by Crippen LogP contribution is -2.44. The van der Waals surface area contributed by atoms with E-state index in [0.717, 1.165) is 12.8 Å². The Hall–Kier alpha value is -0.660. The third-order valence-corrected chi connectivity index (χ3v) is 5.68. The molecule has 3 N–H and O–H groups in total. The zero-order valence-electron chi connectivity index (χ0n) is 12.0. The van der Waals surface area contributed by atoms with Gasteiger partial charge >= 0.3 is 0 Å². The summed E-state index contributed by atoms with van der Waals surface area (Å²) in [6, 6.07) is 0.329. The van der Waals surface area contributed by atoms with Gasteiger partial charge in [-0.25, -0.2) is 13.1 Å². The van der Waals surface area contributed by atoms with Gasteiger partial charge in [-0.2, -0.15) is 0 Å². The van der Waals surface area contributed by atoms with E-state index in [0.29, 0.717) is 18.5 Å². The van der Waals surface area contributed by atoms with Crippen LogP contribution in [0.25, 0.3) is 0 Å². The monoisotopic (exact) mass is 303 g/mol. The smallest absolute Gasteiger partial charge is 0.237 e. The molecule has 1 saturated heterocycles. The third-order valence-electron chi connectivity index (χ3n) is 4.21. The fourth-order valence-corrected chi connectivity index (χ4v) is 4.20. The summed E-state index contributed by atoms with van der Waals surface area (Å²) < 4.78 is 25.3. The minimum absolute atomic E-state index is 0.0633. The highest BCUT2D eigenvalue weighted by Gasteiger charge is 2.37. The van der Waals surface area contributed by atoms with Crippen molar-refractivity contribution in [1.82, 2.24) is 15.4 Å². The van der Waals surface area contributed by atoms with Crippen LogP contribution in [0.1, 0.15) is 39.0 Å². The molecule has 20 heavy (non-hydrogen) atoms. The summed E-state index contributed by atoms with van der Waals surface area (Å²) in [6.45, 7) is 2.28. The summed E-state index contributed by atoms with van der Waals surface area (Å²) in [6.07, 6.45) is 5.75. The maximum atomic E-state index is 12.0. The molecule has 1 saturated carbocycles. The summed E-state index contributed by atoms with van der Waals surface area (Å²) in [5, 5.41) is 6.12. The van der Waals surface area contributed by atoms with Crippen LogP contribution in [-0.4, -0.2) is 45.3 Å². The van der Waals surface area contributed by atoms with Gasteiger partial charge in [0.1, 0.15) is 0 Å². The van der Waals surface area contributed by atoms with Crippen molar-refractivity contribution in [2.45, 2.75) is 51.1 Å². The summed E-state index contributed by atoms with van der Waals surface area (Å²) in [4.78, 5) is 12.0. The summed E-state index contributed by atoms with van der Waals surface area (Å²) >= 11 is 0. The predicted octanol–water partition coefficient (Wildman–Crippen LogP) is -0.0374. The van der Waals surface area contributed by atoms with Gasteiger partial charge in [-0.15, -0.1) is 0 Å². The van der Waals surface area contributed by atoms with Crippen LogP contribution in [-0.2, 0) is 14.8 Å². The van der Waals surface area contributed by atoms with Gasteiger partial charge in [0.15, 0.2) is 0 Å². The second kappa shape index (κ2) is 6.87. The Labute approximate surface area is 121 Å². The van der Waals surface area contributed by atoms with Crippen LogP contribution >= 0.6 is 0 Å². The zero-order valence-corrected chi connectivity index (χ0v) is 12.8. The largest absolute Gasteiger partial charge is 0.354 e. The molecular formula is C13H25N3O3S. The van der Waals surface area contributed by atoms with Gasteiger partial charge in [-0.3, -0.25) is 4.79 Å². The molecular weight excluding hydrogens is 278 g/mol. The Bertz CT molecular complexity index is 424. The molecule has 7 heteroatoms. The first-order valence-electron chi connectivity index (χ1n) is 7.53. The van der Waals surface area contributed by atoms with Gasteiger partial charge in [0, 0.05) is 19.1 Å². The summed E-state index contributed by atoms with van der Waals surface area (Å²) in [5.74, 6) is 0.489. The van der Waals surface area contributed by atoms with Crippen molar-refractivity contribution in [1.29, 1.82) is 0 Å². The number of sulfonamides is 1. The molecule has 3 unspecified atom stereocenters. The Morgan fingerprint density at radius 3 is 2.75 bits per heavy atom. The molecule has 1 aliphatic heterocycles. The van der Waals surface area contributed by atoms with Crippen LogP contribution in [0.4, 0.5) is 0 Å². The quantitative estimate of drug-likeness (QED) is 0.643. The van der Waals surface area contributed by atoms with Crippen molar-refractivity contribution < 1.29 is 13.2 Å². The minimum atomic E-state index is -3.26. The maximum Gasteiger partial charge on any atom is 0.237 e. The molecule has 2 aliphatic rings. The van der Waals surface area contributed by atoms with Crippen LogP contribution in [0.2, 0.25) is 0 Å². The normalized spacial score (nSPS) is 29.9. The third kappa shape index (κ3) is 4.17. The van der Waals surface area contributed by atoms with Gasteiger partial charge in [0.05, 0.1) is 11.8 Å². The van der Waals surface area contributed by atoms with Crippen LogP contribution in [0, 0.1) is 5.92 Å². The Kier molecular flexibility index (Phi) is 5.40. The van der Waals surface area contributed by atoms with E-state index in [-0.39, 0.29) is 24.2 Å². The van der Waals surface area contributed by atoms with E-state index in [1.54, 1.807) is 6.92 Å². The van der Waals surface area contributed by atoms with Crippen molar-refractivity contribution in [3.63, 3.8) is 0 Å². The maximum absolute atomic E-state index is 12.0. The number of carbonyl (C=O) groups excluding carboxylic acids is 1. The van der Waals surface area contributed by atoms with E-state index in [1.165, 1.54) is 19.3 Å². The molecule has 6 nitrogen and oxygen atoms in total.